The van der Waals surface area contributed by atoms with Gasteiger partial charge in [-0.25, -0.2) is 0 Å². The van der Waals surface area contributed by atoms with Gasteiger partial charge < -0.3 is 10.6 Å². The summed E-state index contributed by atoms with van der Waals surface area (Å²) >= 11 is 1.10. The molecule has 26 heavy (non-hydrogen) atoms. The Balaban J connectivity index is 1.85. The molecule has 0 bridgehead atoms. The number of carbonyl (C=O) groups excluding carboxylic acids is 2. The largest absolute Gasteiger partial charge is 0.348 e. The molecule has 2 N–H and O–H groups in total. The summed E-state index contributed by atoms with van der Waals surface area (Å²) in [6.07, 6.45) is 6.26. The van der Waals surface area contributed by atoms with Crippen molar-refractivity contribution in [3.63, 3.8) is 0 Å². The van der Waals surface area contributed by atoms with Gasteiger partial charge in [0.05, 0.1) is 11.4 Å². The van der Waals surface area contributed by atoms with Crippen LogP contribution in [0.1, 0.15) is 55.6 Å². The molecule has 0 spiro atoms. The average Bonchev–Trinajstić information content (AvgIpc) is 3.07. The number of rotatable bonds is 5. The van der Waals surface area contributed by atoms with E-state index in [1.54, 1.807) is 13.1 Å². The van der Waals surface area contributed by atoms with Crippen molar-refractivity contribution < 1.29 is 9.59 Å². The Morgan fingerprint density at radius 3 is 2.65 bits per heavy atom. The second kappa shape index (κ2) is 8.40. The first kappa shape index (κ1) is 18.5. The Morgan fingerprint density at radius 2 is 2.00 bits per heavy atom. The predicted octanol–water partition coefficient (Wildman–Crippen LogP) is 3.86. The molecule has 2 amide bonds. The number of amides is 2. The third-order valence-corrected chi connectivity index (χ3v) is 5.59. The second-order valence-electron chi connectivity index (χ2n) is 6.78. The number of hydrogen-bond acceptors (Lipinski definition) is 5. The third-order valence-electron chi connectivity index (χ3n) is 4.74. The van der Waals surface area contributed by atoms with Gasteiger partial charge in [0, 0.05) is 18.7 Å². The fourth-order valence-electron chi connectivity index (χ4n) is 3.12. The van der Waals surface area contributed by atoms with E-state index in [4.69, 9.17) is 0 Å². The Bertz CT molecular complexity index is 767. The summed E-state index contributed by atoms with van der Waals surface area (Å²) in [5.41, 5.74) is 1.64. The minimum Gasteiger partial charge on any atom is -0.348 e. The molecule has 2 aromatic rings. The first-order chi connectivity index (χ1) is 12.6. The normalized spacial score (nSPS) is 19.8. The molecule has 1 fully saturated rings. The van der Waals surface area contributed by atoms with Gasteiger partial charge in [0.2, 0.25) is 5.91 Å². The van der Waals surface area contributed by atoms with Gasteiger partial charge in [-0.1, -0.05) is 19.9 Å². The van der Waals surface area contributed by atoms with E-state index in [2.05, 4.69) is 26.9 Å². The first-order valence-electron chi connectivity index (χ1n) is 9.10. The predicted molar refractivity (Wildman–Crippen MR) is 103 cm³/mol. The molecule has 1 aliphatic rings. The number of hydrogen-bond donors (Lipinski definition) is 2. The Labute approximate surface area is 157 Å². The van der Waals surface area contributed by atoms with Crippen molar-refractivity contribution in [2.45, 2.75) is 52.0 Å². The molecule has 6 nitrogen and oxygen atoms in total. The van der Waals surface area contributed by atoms with Crippen molar-refractivity contribution in [1.29, 1.82) is 0 Å². The van der Waals surface area contributed by atoms with Gasteiger partial charge in [0.25, 0.3) is 5.91 Å². The van der Waals surface area contributed by atoms with Gasteiger partial charge in [-0.15, -0.1) is 0 Å². The number of nitrogens with one attached hydrogen (secondary N) is 2. The third kappa shape index (κ3) is 4.27. The fourth-order valence-corrected chi connectivity index (χ4v) is 3.87. The number of aromatic nitrogens is 2. The van der Waals surface area contributed by atoms with Crippen LogP contribution in [-0.2, 0) is 4.79 Å². The van der Waals surface area contributed by atoms with Crippen LogP contribution in [0.2, 0.25) is 0 Å². The molecule has 0 unspecified atom stereocenters. The summed E-state index contributed by atoms with van der Waals surface area (Å²) in [5, 5.41) is 5.95. The maximum Gasteiger partial charge on any atom is 0.265 e. The molecule has 2 aromatic heterocycles. The summed E-state index contributed by atoms with van der Waals surface area (Å²) in [4.78, 5) is 29.5. The molecule has 3 rings (SSSR count). The van der Waals surface area contributed by atoms with Gasteiger partial charge >= 0.3 is 0 Å². The monoisotopic (exact) mass is 372 g/mol. The van der Waals surface area contributed by atoms with Crippen LogP contribution < -0.4 is 10.6 Å². The lowest BCUT2D eigenvalue weighted by atomic mass is 9.87. The number of carbonyl (C=O) groups is 2. The molecule has 0 saturated heterocycles. The van der Waals surface area contributed by atoms with Crippen LogP contribution in [0.25, 0.3) is 11.4 Å². The maximum atomic E-state index is 12.8. The Hall–Kier alpha value is -2.28. The van der Waals surface area contributed by atoms with Crippen molar-refractivity contribution in [1.82, 2.24) is 14.7 Å². The van der Waals surface area contributed by atoms with Gasteiger partial charge in [0.1, 0.15) is 10.6 Å². The fraction of sp³-hybridized carbons (Fsp3) is 0.474. The van der Waals surface area contributed by atoms with Crippen molar-refractivity contribution in [2.75, 3.05) is 5.32 Å². The summed E-state index contributed by atoms with van der Waals surface area (Å²) in [6.45, 7) is 4.03. The quantitative estimate of drug-likeness (QED) is 0.835. The van der Waals surface area contributed by atoms with Crippen LogP contribution in [0.4, 0.5) is 5.69 Å². The minimum atomic E-state index is -0.171. The van der Waals surface area contributed by atoms with E-state index in [1.807, 2.05) is 18.2 Å². The molecular weight excluding hydrogens is 348 g/mol. The molecule has 2 heterocycles. The zero-order valence-corrected chi connectivity index (χ0v) is 15.9. The molecule has 0 radical (unpaired) electrons. The zero-order valence-electron chi connectivity index (χ0n) is 15.1. The lowest BCUT2D eigenvalue weighted by Crippen LogP contribution is -2.37. The van der Waals surface area contributed by atoms with Crippen LogP contribution in [0, 0.1) is 5.92 Å². The van der Waals surface area contributed by atoms with Gasteiger partial charge in [-0.2, -0.15) is 4.37 Å². The highest BCUT2D eigenvalue weighted by Gasteiger charge is 2.26. The SMILES string of the molecule is CCC(=O)Nc1c(-c2ccccn2)nsc1C(=O)NC1CCC(C)CC1. The van der Waals surface area contributed by atoms with Crippen LogP contribution in [0.3, 0.4) is 0 Å². The first-order valence-corrected chi connectivity index (χ1v) is 9.87. The van der Waals surface area contributed by atoms with Crippen molar-refractivity contribution >= 4 is 29.0 Å². The highest BCUT2D eigenvalue weighted by atomic mass is 32.1. The number of nitrogens with zero attached hydrogens (tertiary/aromatic N) is 2. The number of anilines is 1. The lowest BCUT2D eigenvalue weighted by molar-refractivity contribution is -0.115. The Kier molecular flexibility index (Phi) is 5.98. The van der Waals surface area contributed by atoms with Crippen molar-refractivity contribution in [2.24, 2.45) is 5.92 Å². The average molecular weight is 372 g/mol. The van der Waals surface area contributed by atoms with Crippen LogP contribution in [0.15, 0.2) is 24.4 Å². The minimum absolute atomic E-state index is 0.150. The Morgan fingerprint density at radius 1 is 1.23 bits per heavy atom. The highest BCUT2D eigenvalue weighted by Crippen LogP contribution is 2.33. The molecular formula is C19H24N4O2S. The van der Waals surface area contributed by atoms with E-state index in [-0.39, 0.29) is 17.9 Å². The summed E-state index contributed by atoms with van der Waals surface area (Å²) in [5.74, 6) is 0.403. The smallest absolute Gasteiger partial charge is 0.265 e. The van der Waals surface area contributed by atoms with E-state index in [9.17, 15) is 9.59 Å². The standard InChI is InChI=1S/C19H24N4O2S/c1-3-15(24)22-17-16(14-6-4-5-11-20-14)23-26-18(17)19(25)21-13-9-7-12(2)8-10-13/h4-6,11-13H,3,7-10H2,1-2H3,(H,21,25)(H,22,24). The van der Waals surface area contributed by atoms with E-state index in [0.29, 0.717) is 28.4 Å². The molecule has 0 aliphatic heterocycles. The zero-order chi connectivity index (χ0) is 18.5. The summed E-state index contributed by atoms with van der Waals surface area (Å²) in [7, 11) is 0. The van der Waals surface area contributed by atoms with Crippen LogP contribution >= 0.6 is 11.5 Å². The molecule has 0 atom stereocenters. The van der Waals surface area contributed by atoms with E-state index >= 15 is 0 Å². The summed E-state index contributed by atoms with van der Waals surface area (Å²) < 4.78 is 4.40. The van der Waals surface area contributed by atoms with Crippen molar-refractivity contribution in [3.05, 3.63) is 29.3 Å². The van der Waals surface area contributed by atoms with Crippen molar-refractivity contribution in [3.8, 4) is 11.4 Å². The molecule has 7 heteroatoms. The van der Waals surface area contributed by atoms with E-state index in [1.165, 1.54) is 0 Å². The summed E-state index contributed by atoms with van der Waals surface area (Å²) in [6, 6.07) is 5.68. The van der Waals surface area contributed by atoms with Crippen LogP contribution in [0.5, 0.6) is 0 Å². The van der Waals surface area contributed by atoms with E-state index in [0.717, 1.165) is 43.1 Å². The molecule has 1 aliphatic carbocycles. The van der Waals surface area contributed by atoms with Gasteiger partial charge in [-0.05, 0) is 55.3 Å². The van der Waals surface area contributed by atoms with Crippen LogP contribution in [-0.4, -0.2) is 27.2 Å². The lowest BCUT2D eigenvalue weighted by Gasteiger charge is -2.26. The molecule has 138 valence electrons. The van der Waals surface area contributed by atoms with Gasteiger partial charge in [0.15, 0.2) is 0 Å². The number of pyridine rings is 1. The topological polar surface area (TPSA) is 84.0 Å². The second-order valence-corrected chi connectivity index (χ2v) is 7.56. The molecule has 1 saturated carbocycles. The van der Waals surface area contributed by atoms with E-state index < -0.39 is 0 Å². The molecule has 0 aromatic carbocycles. The highest BCUT2D eigenvalue weighted by molar-refractivity contribution is 7.09. The van der Waals surface area contributed by atoms with Gasteiger partial charge in [-0.3, -0.25) is 14.6 Å². The maximum absolute atomic E-state index is 12.8.